The summed E-state index contributed by atoms with van der Waals surface area (Å²) >= 11 is 0. The van der Waals surface area contributed by atoms with Crippen LogP contribution in [0, 0.1) is 5.92 Å². The maximum absolute atomic E-state index is 11.0. The van der Waals surface area contributed by atoms with E-state index in [9.17, 15) is 4.79 Å². The summed E-state index contributed by atoms with van der Waals surface area (Å²) in [6.07, 6.45) is 6.06. The van der Waals surface area contributed by atoms with Gasteiger partial charge in [-0.15, -0.1) is 0 Å². The van der Waals surface area contributed by atoms with Crippen LogP contribution in [0.3, 0.4) is 0 Å². The fourth-order valence-electron chi connectivity index (χ4n) is 2.16. The highest BCUT2D eigenvalue weighted by Crippen LogP contribution is 2.27. The summed E-state index contributed by atoms with van der Waals surface area (Å²) in [6, 6.07) is 0.571. The molecular weight excluding hydrogens is 176 g/mol. The standard InChI is InChI=1S/C11H22N2O/c1-9(10-5-3-4-6-10)13-8-7-11(14)12-2/h9-10,13H,3-8H2,1-2H3,(H,12,14). The summed E-state index contributed by atoms with van der Waals surface area (Å²) in [5, 5.41) is 6.06. The molecule has 1 unspecified atom stereocenters. The molecule has 0 aliphatic heterocycles. The van der Waals surface area contributed by atoms with Crippen molar-refractivity contribution in [2.24, 2.45) is 5.92 Å². The molecule has 0 heterocycles. The van der Waals surface area contributed by atoms with E-state index in [1.165, 1.54) is 25.7 Å². The Labute approximate surface area is 86.6 Å². The Kier molecular flexibility index (Phi) is 4.94. The normalized spacial score (nSPS) is 19.6. The number of rotatable bonds is 5. The van der Waals surface area contributed by atoms with Crippen molar-refractivity contribution in [3.63, 3.8) is 0 Å². The van der Waals surface area contributed by atoms with E-state index in [0.717, 1.165) is 12.5 Å². The highest BCUT2D eigenvalue weighted by atomic mass is 16.1. The van der Waals surface area contributed by atoms with Gasteiger partial charge in [0.05, 0.1) is 0 Å². The molecule has 1 saturated carbocycles. The average Bonchev–Trinajstić information content (AvgIpc) is 2.70. The minimum atomic E-state index is 0.121. The minimum absolute atomic E-state index is 0.121. The SMILES string of the molecule is CNC(=O)CCNC(C)C1CCCC1. The first-order valence-electron chi connectivity index (χ1n) is 5.68. The van der Waals surface area contributed by atoms with Crippen LogP contribution < -0.4 is 10.6 Å². The maximum Gasteiger partial charge on any atom is 0.221 e. The zero-order valence-corrected chi connectivity index (χ0v) is 9.31. The molecule has 0 aromatic heterocycles. The van der Waals surface area contributed by atoms with Gasteiger partial charge in [0.1, 0.15) is 0 Å². The lowest BCUT2D eigenvalue weighted by atomic mass is 10.00. The van der Waals surface area contributed by atoms with Crippen LogP contribution in [0.2, 0.25) is 0 Å². The van der Waals surface area contributed by atoms with E-state index < -0.39 is 0 Å². The summed E-state index contributed by atoms with van der Waals surface area (Å²) in [5.74, 6) is 0.954. The molecule has 14 heavy (non-hydrogen) atoms. The van der Waals surface area contributed by atoms with Crippen molar-refractivity contribution in [2.75, 3.05) is 13.6 Å². The van der Waals surface area contributed by atoms with E-state index in [1.54, 1.807) is 7.05 Å². The van der Waals surface area contributed by atoms with E-state index in [2.05, 4.69) is 17.6 Å². The quantitative estimate of drug-likeness (QED) is 0.699. The van der Waals surface area contributed by atoms with Crippen LogP contribution in [0.15, 0.2) is 0 Å². The van der Waals surface area contributed by atoms with Gasteiger partial charge in [-0.25, -0.2) is 0 Å². The zero-order chi connectivity index (χ0) is 10.4. The maximum atomic E-state index is 11.0. The lowest BCUT2D eigenvalue weighted by molar-refractivity contribution is -0.120. The van der Waals surface area contributed by atoms with Gasteiger partial charge in [-0.2, -0.15) is 0 Å². The summed E-state index contributed by atoms with van der Waals surface area (Å²) < 4.78 is 0. The second kappa shape index (κ2) is 6.02. The Balaban J connectivity index is 2.08. The third-order valence-corrected chi connectivity index (χ3v) is 3.20. The first-order valence-corrected chi connectivity index (χ1v) is 5.68. The largest absolute Gasteiger partial charge is 0.359 e. The Morgan fingerprint density at radius 1 is 1.43 bits per heavy atom. The van der Waals surface area contributed by atoms with Crippen LogP contribution in [-0.4, -0.2) is 25.5 Å². The molecule has 1 atom stereocenters. The van der Waals surface area contributed by atoms with Crippen molar-refractivity contribution in [2.45, 2.75) is 45.1 Å². The first-order chi connectivity index (χ1) is 6.74. The van der Waals surface area contributed by atoms with Gasteiger partial charge < -0.3 is 10.6 Å². The fraction of sp³-hybridized carbons (Fsp3) is 0.909. The molecule has 2 N–H and O–H groups in total. The van der Waals surface area contributed by atoms with Gasteiger partial charge in [0.25, 0.3) is 0 Å². The number of amides is 1. The van der Waals surface area contributed by atoms with Crippen molar-refractivity contribution in [3.8, 4) is 0 Å². The average molecular weight is 198 g/mol. The Bertz CT molecular complexity index is 176. The number of hydrogen-bond acceptors (Lipinski definition) is 2. The van der Waals surface area contributed by atoms with Gasteiger partial charge in [-0.05, 0) is 25.7 Å². The topological polar surface area (TPSA) is 41.1 Å². The molecule has 1 aliphatic rings. The monoisotopic (exact) mass is 198 g/mol. The molecule has 0 spiro atoms. The van der Waals surface area contributed by atoms with Crippen molar-refractivity contribution < 1.29 is 4.79 Å². The van der Waals surface area contributed by atoms with Gasteiger partial charge in [-0.1, -0.05) is 12.8 Å². The van der Waals surface area contributed by atoms with Crippen LogP contribution in [0.5, 0.6) is 0 Å². The van der Waals surface area contributed by atoms with Gasteiger partial charge >= 0.3 is 0 Å². The Hall–Kier alpha value is -0.570. The minimum Gasteiger partial charge on any atom is -0.359 e. The highest BCUT2D eigenvalue weighted by Gasteiger charge is 2.20. The molecule has 1 amide bonds. The second-order valence-electron chi connectivity index (χ2n) is 4.21. The van der Waals surface area contributed by atoms with E-state index >= 15 is 0 Å². The predicted molar refractivity (Wildman–Crippen MR) is 58.1 cm³/mol. The molecule has 0 bridgehead atoms. The van der Waals surface area contributed by atoms with Gasteiger partial charge in [0.15, 0.2) is 0 Å². The van der Waals surface area contributed by atoms with Crippen LogP contribution in [0.4, 0.5) is 0 Å². The predicted octanol–water partition coefficient (Wildman–Crippen LogP) is 1.29. The van der Waals surface area contributed by atoms with Crippen molar-refractivity contribution >= 4 is 5.91 Å². The Morgan fingerprint density at radius 2 is 2.07 bits per heavy atom. The lowest BCUT2D eigenvalue weighted by Crippen LogP contribution is -2.35. The highest BCUT2D eigenvalue weighted by molar-refractivity contribution is 5.75. The van der Waals surface area contributed by atoms with Crippen LogP contribution in [0.25, 0.3) is 0 Å². The molecule has 3 heteroatoms. The summed E-state index contributed by atoms with van der Waals surface area (Å²) in [7, 11) is 1.68. The molecule has 0 saturated heterocycles. The number of carbonyl (C=O) groups excluding carboxylic acids is 1. The number of hydrogen-bond donors (Lipinski definition) is 2. The molecule has 0 aromatic carbocycles. The number of carbonyl (C=O) groups is 1. The Morgan fingerprint density at radius 3 is 2.64 bits per heavy atom. The van der Waals surface area contributed by atoms with Crippen LogP contribution in [0.1, 0.15) is 39.0 Å². The second-order valence-corrected chi connectivity index (χ2v) is 4.21. The summed E-state index contributed by atoms with van der Waals surface area (Å²) in [4.78, 5) is 11.0. The fourth-order valence-corrected chi connectivity index (χ4v) is 2.16. The molecule has 1 rings (SSSR count). The van der Waals surface area contributed by atoms with Crippen LogP contribution >= 0.6 is 0 Å². The van der Waals surface area contributed by atoms with E-state index in [4.69, 9.17) is 0 Å². The zero-order valence-electron chi connectivity index (χ0n) is 9.31. The van der Waals surface area contributed by atoms with Gasteiger partial charge in [0.2, 0.25) is 5.91 Å². The first kappa shape index (κ1) is 11.5. The van der Waals surface area contributed by atoms with E-state index in [0.29, 0.717) is 12.5 Å². The molecule has 1 fully saturated rings. The van der Waals surface area contributed by atoms with Crippen molar-refractivity contribution in [1.29, 1.82) is 0 Å². The molecule has 1 aliphatic carbocycles. The molecule has 3 nitrogen and oxygen atoms in total. The molecule has 0 aromatic rings. The summed E-state index contributed by atoms with van der Waals surface area (Å²) in [5.41, 5.74) is 0. The van der Waals surface area contributed by atoms with E-state index in [-0.39, 0.29) is 5.91 Å². The van der Waals surface area contributed by atoms with E-state index in [1.807, 2.05) is 0 Å². The molecular formula is C11H22N2O. The molecule has 0 radical (unpaired) electrons. The summed E-state index contributed by atoms with van der Waals surface area (Å²) in [6.45, 7) is 3.04. The smallest absolute Gasteiger partial charge is 0.221 e. The third-order valence-electron chi connectivity index (χ3n) is 3.20. The number of nitrogens with one attached hydrogen (secondary N) is 2. The van der Waals surface area contributed by atoms with Crippen molar-refractivity contribution in [3.05, 3.63) is 0 Å². The van der Waals surface area contributed by atoms with Crippen LogP contribution in [-0.2, 0) is 4.79 Å². The lowest BCUT2D eigenvalue weighted by Gasteiger charge is -2.20. The van der Waals surface area contributed by atoms with Gasteiger partial charge in [-0.3, -0.25) is 4.79 Å². The van der Waals surface area contributed by atoms with Crippen molar-refractivity contribution in [1.82, 2.24) is 10.6 Å². The molecule has 82 valence electrons. The van der Waals surface area contributed by atoms with Gasteiger partial charge in [0, 0.05) is 26.1 Å². The third kappa shape index (κ3) is 3.66.